The number of aromatic nitrogens is 2. The Morgan fingerprint density at radius 3 is 2.71 bits per heavy atom. The molecule has 6 nitrogen and oxygen atoms in total. The van der Waals surface area contributed by atoms with Gasteiger partial charge in [-0.15, -0.1) is 0 Å². The van der Waals surface area contributed by atoms with Crippen LogP contribution in [-0.2, 0) is 24.8 Å². The Morgan fingerprint density at radius 1 is 1.19 bits per heavy atom. The number of rotatable bonds is 4. The SMILES string of the molecule is Cc1nn(C)cc1CCC(=O)N1Cc2ccccc2NCC[C@H]2CC[C@@H](C1)N2C(C)C. The van der Waals surface area contributed by atoms with Crippen LogP contribution in [0.4, 0.5) is 5.69 Å². The standard InChI is InChI=1S/C25H37N5O/c1-18(2)30-22-10-11-23(30)17-29(16-21-7-5-6-8-24(21)26-14-13-22)25(31)12-9-20-15-28(4)27-19(20)3/h5-8,15,18,22-23,26H,9-14,16-17H2,1-4H3/t22-,23+/m1/s1. The fourth-order valence-corrected chi connectivity index (χ4v) is 5.52. The van der Waals surface area contributed by atoms with Gasteiger partial charge in [-0.3, -0.25) is 14.4 Å². The van der Waals surface area contributed by atoms with Crippen LogP contribution >= 0.6 is 0 Å². The third-order valence-corrected chi connectivity index (χ3v) is 6.95. The van der Waals surface area contributed by atoms with E-state index in [4.69, 9.17) is 0 Å². The molecule has 1 saturated heterocycles. The van der Waals surface area contributed by atoms with Gasteiger partial charge in [-0.1, -0.05) is 18.2 Å². The van der Waals surface area contributed by atoms with E-state index in [-0.39, 0.29) is 5.91 Å². The molecular formula is C25H37N5O. The smallest absolute Gasteiger partial charge is 0.223 e. The van der Waals surface area contributed by atoms with E-state index in [1.165, 1.54) is 24.0 Å². The number of aryl methyl sites for hydroxylation is 3. The monoisotopic (exact) mass is 423 g/mol. The normalized spacial score (nSPS) is 22.2. The lowest BCUT2D eigenvalue weighted by atomic mass is 10.1. The van der Waals surface area contributed by atoms with Gasteiger partial charge >= 0.3 is 0 Å². The van der Waals surface area contributed by atoms with Gasteiger partial charge in [0.25, 0.3) is 0 Å². The second-order valence-electron chi connectivity index (χ2n) is 9.49. The molecule has 1 aromatic heterocycles. The molecule has 3 heterocycles. The third-order valence-electron chi connectivity index (χ3n) is 6.95. The van der Waals surface area contributed by atoms with E-state index in [0.29, 0.717) is 31.1 Å². The lowest BCUT2D eigenvalue weighted by Crippen LogP contribution is -2.48. The molecular weight excluding hydrogens is 386 g/mol. The van der Waals surface area contributed by atoms with Crippen molar-refractivity contribution >= 4 is 11.6 Å². The first kappa shape index (κ1) is 21.9. The van der Waals surface area contributed by atoms with Crippen LogP contribution in [0.2, 0.25) is 0 Å². The number of carbonyl (C=O) groups is 1. The number of benzene rings is 1. The highest BCUT2D eigenvalue weighted by Gasteiger charge is 2.36. The van der Waals surface area contributed by atoms with E-state index < -0.39 is 0 Å². The minimum atomic E-state index is 0.240. The Balaban J connectivity index is 1.57. The minimum Gasteiger partial charge on any atom is -0.385 e. The van der Waals surface area contributed by atoms with E-state index in [0.717, 1.165) is 37.3 Å². The van der Waals surface area contributed by atoms with Crippen LogP contribution in [0.1, 0.15) is 56.4 Å². The molecule has 0 saturated carbocycles. The molecule has 2 aliphatic heterocycles. The summed E-state index contributed by atoms with van der Waals surface area (Å²) in [6.07, 6.45) is 6.86. The highest BCUT2D eigenvalue weighted by atomic mass is 16.2. The van der Waals surface area contributed by atoms with Gasteiger partial charge in [0, 0.05) is 63.1 Å². The van der Waals surface area contributed by atoms with Crippen LogP contribution in [-0.4, -0.2) is 56.7 Å². The van der Waals surface area contributed by atoms with Crippen LogP contribution in [0.25, 0.3) is 0 Å². The summed E-state index contributed by atoms with van der Waals surface area (Å²) in [6, 6.07) is 9.99. The molecule has 2 bridgehead atoms. The maximum atomic E-state index is 13.5. The van der Waals surface area contributed by atoms with Gasteiger partial charge in [0.15, 0.2) is 0 Å². The highest BCUT2D eigenvalue weighted by Crippen LogP contribution is 2.31. The largest absolute Gasteiger partial charge is 0.385 e. The Hall–Kier alpha value is -2.34. The number of carbonyl (C=O) groups excluding carboxylic acids is 1. The fourth-order valence-electron chi connectivity index (χ4n) is 5.52. The maximum absolute atomic E-state index is 13.5. The van der Waals surface area contributed by atoms with Gasteiger partial charge in [-0.05, 0) is 63.6 Å². The van der Waals surface area contributed by atoms with Crippen molar-refractivity contribution in [3.63, 3.8) is 0 Å². The van der Waals surface area contributed by atoms with Crippen LogP contribution in [0.5, 0.6) is 0 Å². The number of anilines is 1. The van der Waals surface area contributed by atoms with E-state index >= 15 is 0 Å². The highest BCUT2D eigenvalue weighted by molar-refractivity contribution is 5.77. The first-order valence-electron chi connectivity index (χ1n) is 11.8. The van der Waals surface area contributed by atoms with Gasteiger partial charge in [-0.2, -0.15) is 5.10 Å². The van der Waals surface area contributed by atoms with Crippen LogP contribution < -0.4 is 5.32 Å². The number of hydrogen-bond donors (Lipinski definition) is 1. The number of nitrogens with zero attached hydrogens (tertiary/aromatic N) is 4. The number of amides is 1. The van der Waals surface area contributed by atoms with Crippen molar-refractivity contribution in [3.8, 4) is 0 Å². The van der Waals surface area contributed by atoms with Crippen LogP contribution in [0.3, 0.4) is 0 Å². The zero-order valence-corrected chi connectivity index (χ0v) is 19.5. The first-order valence-corrected chi connectivity index (χ1v) is 11.8. The molecule has 1 N–H and O–H groups in total. The molecule has 1 amide bonds. The predicted molar refractivity (Wildman–Crippen MR) is 125 cm³/mol. The fraction of sp³-hybridized carbons (Fsp3) is 0.600. The summed E-state index contributed by atoms with van der Waals surface area (Å²) in [5, 5.41) is 8.08. The predicted octanol–water partition coefficient (Wildman–Crippen LogP) is 3.75. The molecule has 6 heteroatoms. The lowest BCUT2D eigenvalue weighted by molar-refractivity contribution is -0.132. The average molecular weight is 424 g/mol. The molecule has 31 heavy (non-hydrogen) atoms. The molecule has 168 valence electrons. The number of fused-ring (bicyclic) bond motifs is 3. The number of hydrogen-bond acceptors (Lipinski definition) is 4. The summed E-state index contributed by atoms with van der Waals surface area (Å²) in [5.41, 5.74) is 4.56. The van der Waals surface area contributed by atoms with E-state index in [2.05, 4.69) is 58.3 Å². The quantitative estimate of drug-likeness (QED) is 0.814. The first-order chi connectivity index (χ1) is 14.9. The molecule has 2 atom stereocenters. The summed E-state index contributed by atoms with van der Waals surface area (Å²) in [4.78, 5) is 18.2. The Morgan fingerprint density at radius 2 is 1.97 bits per heavy atom. The Labute approximate surface area is 186 Å². The van der Waals surface area contributed by atoms with Gasteiger partial charge < -0.3 is 10.2 Å². The average Bonchev–Trinajstić information content (AvgIpc) is 3.27. The van der Waals surface area contributed by atoms with Gasteiger partial charge in [0.1, 0.15) is 0 Å². The molecule has 1 aromatic carbocycles. The third kappa shape index (κ3) is 4.95. The van der Waals surface area contributed by atoms with Crippen LogP contribution in [0, 0.1) is 6.92 Å². The molecule has 1 fully saturated rings. The van der Waals surface area contributed by atoms with Crippen molar-refractivity contribution < 1.29 is 4.79 Å². The topological polar surface area (TPSA) is 53.4 Å². The van der Waals surface area contributed by atoms with Gasteiger partial charge in [0.2, 0.25) is 5.91 Å². The molecule has 2 aromatic rings. The van der Waals surface area contributed by atoms with E-state index in [1.807, 2.05) is 24.9 Å². The van der Waals surface area contributed by atoms with Crippen molar-refractivity contribution in [2.75, 3.05) is 18.4 Å². The second kappa shape index (κ2) is 9.43. The zero-order valence-electron chi connectivity index (χ0n) is 19.5. The summed E-state index contributed by atoms with van der Waals surface area (Å²) >= 11 is 0. The zero-order chi connectivity index (χ0) is 22.0. The van der Waals surface area contributed by atoms with Crippen molar-refractivity contribution in [1.29, 1.82) is 0 Å². The summed E-state index contributed by atoms with van der Waals surface area (Å²) in [5.74, 6) is 0.240. The molecule has 4 rings (SSSR count). The van der Waals surface area contributed by atoms with Crippen molar-refractivity contribution in [2.24, 2.45) is 7.05 Å². The molecule has 0 radical (unpaired) electrons. The molecule has 2 aliphatic rings. The lowest BCUT2D eigenvalue weighted by Gasteiger charge is -2.36. The van der Waals surface area contributed by atoms with E-state index in [1.54, 1.807) is 0 Å². The van der Waals surface area contributed by atoms with E-state index in [9.17, 15) is 4.79 Å². The van der Waals surface area contributed by atoms with Crippen molar-refractivity contribution in [3.05, 3.63) is 47.3 Å². The van der Waals surface area contributed by atoms with Gasteiger partial charge in [0.05, 0.1) is 5.69 Å². The van der Waals surface area contributed by atoms with Crippen molar-refractivity contribution in [2.45, 2.75) is 77.5 Å². The summed E-state index contributed by atoms with van der Waals surface area (Å²) in [6.45, 7) is 9.07. The number of para-hydroxylation sites is 1. The Bertz CT molecular complexity index is 905. The molecule has 0 spiro atoms. The Kier molecular flexibility index (Phi) is 6.65. The number of nitrogens with one attached hydrogen (secondary N) is 1. The maximum Gasteiger partial charge on any atom is 0.223 e. The van der Waals surface area contributed by atoms with Gasteiger partial charge in [-0.25, -0.2) is 0 Å². The summed E-state index contributed by atoms with van der Waals surface area (Å²) in [7, 11) is 1.94. The summed E-state index contributed by atoms with van der Waals surface area (Å²) < 4.78 is 1.84. The second-order valence-corrected chi connectivity index (χ2v) is 9.49. The minimum absolute atomic E-state index is 0.240. The van der Waals surface area contributed by atoms with Crippen LogP contribution in [0.15, 0.2) is 30.5 Å². The van der Waals surface area contributed by atoms with Crippen molar-refractivity contribution in [1.82, 2.24) is 19.6 Å². The molecule has 0 unspecified atom stereocenters. The molecule has 0 aliphatic carbocycles.